The van der Waals surface area contributed by atoms with Gasteiger partial charge in [0, 0.05) is 36.4 Å². The lowest BCUT2D eigenvalue weighted by atomic mass is 9.67. The lowest BCUT2D eigenvalue weighted by Gasteiger charge is -2.47. The summed E-state index contributed by atoms with van der Waals surface area (Å²) in [6.07, 6.45) is 1.57. The number of anilines is 1. The number of carbonyl (C=O) groups excluding carboxylic acids is 1. The molecule has 1 N–H and O–H groups in total. The van der Waals surface area contributed by atoms with E-state index in [2.05, 4.69) is 10.3 Å². The minimum atomic E-state index is -3.42. The Kier molecular flexibility index (Phi) is 4.36. The summed E-state index contributed by atoms with van der Waals surface area (Å²) in [5.74, 6) is -5.18. The number of carbonyl (C=O) groups is 1. The summed E-state index contributed by atoms with van der Waals surface area (Å²) >= 11 is 0. The molecule has 0 spiro atoms. The number of alkyl halides is 3. The van der Waals surface area contributed by atoms with E-state index in [1.807, 2.05) is 6.92 Å². The van der Waals surface area contributed by atoms with Gasteiger partial charge in [-0.15, -0.1) is 0 Å². The lowest BCUT2D eigenvalue weighted by molar-refractivity contribution is -0.242. The molecule has 0 bridgehead atoms. The van der Waals surface area contributed by atoms with E-state index in [0.717, 1.165) is 26.2 Å². The van der Waals surface area contributed by atoms with Crippen LogP contribution in [-0.4, -0.2) is 34.2 Å². The summed E-state index contributed by atoms with van der Waals surface area (Å²) in [5.41, 5.74) is -2.21. The van der Waals surface area contributed by atoms with Gasteiger partial charge in [-0.05, 0) is 33.1 Å². The molecule has 2 atom stereocenters. The van der Waals surface area contributed by atoms with Crippen molar-refractivity contribution in [2.45, 2.75) is 63.1 Å². The van der Waals surface area contributed by atoms with Crippen molar-refractivity contribution in [3.63, 3.8) is 0 Å². The van der Waals surface area contributed by atoms with E-state index >= 15 is 0 Å². The Hall–Kier alpha value is -2.32. The molecule has 2 fully saturated rings. The number of amides is 1. The van der Waals surface area contributed by atoms with Gasteiger partial charge in [0.1, 0.15) is 17.1 Å². The number of benzene rings is 1. The fourth-order valence-electron chi connectivity index (χ4n) is 4.34. The maximum absolute atomic E-state index is 14.2. The Morgan fingerprint density at radius 3 is 2.52 bits per heavy atom. The van der Waals surface area contributed by atoms with Crippen LogP contribution in [0.4, 0.5) is 23.5 Å². The number of rotatable bonds is 5. The first kappa shape index (κ1) is 20.0. The van der Waals surface area contributed by atoms with E-state index in [9.17, 15) is 22.4 Å². The molecule has 9 heteroatoms. The van der Waals surface area contributed by atoms with Gasteiger partial charge in [-0.3, -0.25) is 10.1 Å². The van der Waals surface area contributed by atoms with Gasteiger partial charge < -0.3 is 9.30 Å². The largest absolute Gasteiger partial charge is 0.494 e. The Morgan fingerprint density at radius 2 is 2.00 bits per heavy atom. The monoisotopic (exact) mass is 413 g/mol. The van der Waals surface area contributed by atoms with Crippen molar-refractivity contribution in [1.29, 1.82) is 0 Å². The summed E-state index contributed by atoms with van der Waals surface area (Å²) in [7, 11) is 1.40. The molecular weight excluding hydrogens is 390 g/mol. The minimum Gasteiger partial charge on any atom is -0.494 e. The average molecular weight is 413 g/mol. The molecule has 2 aromatic rings. The smallest absolute Gasteiger partial charge is 0.281 e. The molecule has 0 aliphatic heterocycles. The summed E-state index contributed by atoms with van der Waals surface area (Å²) in [5, 5.41) is 2.63. The van der Waals surface area contributed by atoms with Crippen LogP contribution in [0, 0.1) is 11.7 Å². The second kappa shape index (κ2) is 6.34. The molecule has 2 aliphatic rings. The number of fused-ring (bicyclic) bond motifs is 1. The van der Waals surface area contributed by atoms with Crippen LogP contribution in [0.25, 0.3) is 11.0 Å². The fourth-order valence-corrected chi connectivity index (χ4v) is 4.34. The highest BCUT2D eigenvalue weighted by Gasteiger charge is 2.66. The van der Waals surface area contributed by atoms with Crippen LogP contribution in [0.3, 0.4) is 0 Å². The van der Waals surface area contributed by atoms with Gasteiger partial charge in [0.15, 0.2) is 5.67 Å². The molecular formula is C20H23F4N3O2. The Bertz CT molecular complexity index is 982. The van der Waals surface area contributed by atoms with Gasteiger partial charge in [0.05, 0.1) is 12.6 Å². The minimum absolute atomic E-state index is 0.183. The van der Waals surface area contributed by atoms with Crippen molar-refractivity contribution in [3.05, 3.63) is 17.9 Å². The van der Waals surface area contributed by atoms with Gasteiger partial charge >= 0.3 is 0 Å². The number of nitrogens with one attached hydrogen (secondary N) is 1. The Labute approximate surface area is 165 Å². The normalized spacial score (nSPS) is 27.2. The standard InChI is InChI=1S/C20H23F4N3O2/c1-18(5-4-6-18)27-13-8-12(21)9-14(29-3)16(13)26-17(27)25-15(28)7-11-10-20(23,24)19(11,2)22/h8-9,11H,4-7,10H2,1-3H3,(H,25,26,28). The zero-order chi connectivity index (χ0) is 21.2. The fraction of sp³-hybridized carbons (Fsp3) is 0.600. The third-order valence-electron chi connectivity index (χ3n) is 6.55. The first-order valence-electron chi connectivity index (χ1n) is 9.61. The molecule has 0 radical (unpaired) electrons. The van der Waals surface area contributed by atoms with Gasteiger partial charge in [-0.1, -0.05) is 0 Å². The van der Waals surface area contributed by atoms with Crippen molar-refractivity contribution >= 4 is 22.9 Å². The van der Waals surface area contributed by atoms with Crippen molar-refractivity contribution in [2.24, 2.45) is 5.92 Å². The van der Waals surface area contributed by atoms with Crippen LogP contribution >= 0.6 is 0 Å². The Balaban J connectivity index is 1.67. The topological polar surface area (TPSA) is 56.1 Å². The van der Waals surface area contributed by atoms with Crippen molar-refractivity contribution in [2.75, 3.05) is 12.4 Å². The second-order valence-corrected chi connectivity index (χ2v) is 8.53. The SMILES string of the molecule is COc1cc(F)cc2c1nc(NC(=O)CC1CC(F)(F)C1(C)F)n2C1(C)CCC1. The molecule has 0 saturated heterocycles. The maximum Gasteiger partial charge on any atom is 0.281 e. The van der Waals surface area contributed by atoms with Crippen molar-refractivity contribution < 1.29 is 27.1 Å². The highest BCUT2D eigenvalue weighted by Crippen LogP contribution is 2.55. The zero-order valence-electron chi connectivity index (χ0n) is 16.5. The van der Waals surface area contributed by atoms with E-state index < -0.39 is 35.7 Å². The highest BCUT2D eigenvalue weighted by atomic mass is 19.3. The molecule has 1 aromatic carbocycles. The van der Waals surface area contributed by atoms with Gasteiger partial charge in [-0.25, -0.2) is 22.5 Å². The molecule has 2 unspecified atom stereocenters. The molecule has 4 rings (SSSR count). The first-order valence-corrected chi connectivity index (χ1v) is 9.61. The molecule has 158 valence electrons. The molecule has 29 heavy (non-hydrogen) atoms. The highest BCUT2D eigenvalue weighted by molar-refractivity contribution is 5.93. The number of hydrogen-bond acceptors (Lipinski definition) is 3. The van der Waals surface area contributed by atoms with Gasteiger partial charge in [-0.2, -0.15) is 0 Å². The molecule has 5 nitrogen and oxygen atoms in total. The third-order valence-corrected chi connectivity index (χ3v) is 6.55. The van der Waals surface area contributed by atoms with E-state index in [1.54, 1.807) is 4.57 Å². The molecule has 1 heterocycles. The third kappa shape index (κ3) is 2.97. The summed E-state index contributed by atoms with van der Waals surface area (Å²) < 4.78 is 62.1. The predicted molar refractivity (Wildman–Crippen MR) is 99.6 cm³/mol. The summed E-state index contributed by atoms with van der Waals surface area (Å²) in [6.45, 7) is 2.81. The summed E-state index contributed by atoms with van der Waals surface area (Å²) in [4.78, 5) is 16.9. The van der Waals surface area contributed by atoms with E-state index in [0.29, 0.717) is 11.0 Å². The first-order chi connectivity index (χ1) is 13.5. The number of hydrogen-bond donors (Lipinski definition) is 1. The quantitative estimate of drug-likeness (QED) is 0.717. The summed E-state index contributed by atoms with van der Waals surface area (Å²) in [6, 6.07) is 2.54. The van der Waals surface area contributed by atoms with Crippen LogP contribution in [0.5, 0.6) is 5.75 Å². The number of methoxy groups -OCH3 is 1. The number of aromatic nitrogens is 2. The molecule has 2 saturated carbocycles. The van der Waals surface area contributed by atoms with Gasteiger partial charge in [0.25, 0.3) is 5.92 Å². The predicted octanol–water partition coefficient (Wildman–Crippen LogP) is 4.80. The van der Waals surface area contributed by atoms with E-state index in [4.69, 9.17) is 4.74 Å². The van der Waals surface area contributed by atoms with Crippen LogP contribution in [-0.2, 0) is 10.3 Å². The van der Waals surface area contributed by atoms with Gasteiger partial charge in [0.2, 0.25) is 11.9 Å². The Morgan fingerprint density at radius 1 is 1.31 bits per heavy atom. The molecule has 2 aliphatic carbocycles. The van der Waals surface area contributed by atoms with Crippen LogP contribution < -0.4 is 10.1 Å². The number of halogens is 4. The van der Waals surface area contributed by atoms with Crippen LogP contribution in [0.2, 0.25) is 0 Å². The number of ether oxygens (including phenoxy) is 1. The van der Waals surface area contributed by atoms with Crippen LogP contribution in [0.1, 0.15) is 46.0 Å². The zero-order valence-corrected chi connectivity index (χ0v) is 16.5. The molecule has 1 aromatic heterocycles. The number of imidazole rings is 1. The molecule has 1 amide bonds. The average Bonchev–Trinajstić information content (AvgIpc) is 2.96. The van der Waals surface area contributed by atoms with E-state index in [1.165, 1.54) is 19.2 Å². The van der Waals surface area contributed by atoms with Crippen molar-refractivity contribution in [3.8, 4) is 5.75 Å². The number of nitrogens with zero attached hydrogens (tertiary/aromatic N) is 2. The second-order valence-electron chi connectivity index (χ2n) is 8.53. The van der Waals surface area contributed by atoms with Crippen molar-refractivity contribution in [1.82, 2.24) is 9.55 Å². The van der Waals surface area contributed by atoms with Crippen LogP contribution in [0.15, 0.2) is 12.1 Å². The lowest BCUT2D eigenvalue weighted by Crippen LogP contribution is -2.60. The maximum atomic E-state index is 14.2. The van der Waals surface area contributed by atoms with E-state index in [-0.39, 0.29) is 23.7 Å².